The first-order valence-electron chi connectivity index (χ1n) is 1.50. The second kappa shape index (κ2) is 3.07. The molecule has 0 aromatic heterocycles. The minimum atomic E-state index is 0. The van der Waals surface area contributed by atoms with Crippen LogP contribution in [0, 0.1) is 0 Å². The number of rotatable bonds is 0. The number of hydrogen-bond acceptors (Lipinski definition) is 2. The molecule has 0 aliphatic carbocycles. The Hall–Kier alpha value is -0.141. The van der Waals surface area contributed by atoms with Crippen LogP contribution in [0.2, 0.25) is 0 Å². The summed E-state index contributed by atoms with van der Waals surface area (Å²) in [5, 5.41) is 0. The molecule has 0 atom stereocenters. The van der Waals surface area contributed by atoms with E-state index in [1.54, 1.807) is 12.6 Å². The maximum absolute atomic E-state index is 3.74. The minimum Gasteiger partial charge on any atom is -0.268 e. The van der Waals surface area contributed by atoms with Crippen molar-refractivity contribution in [2.24, 2.45) is 9.98 Å². The molecule has 0 radical (unpaired) electrons. The zero-order chi connectivity index (χ0) is 3.54. The van der Waals surface area contributed by atoms with Crippen LogP contribution < -0.4 is 0 Å². The fraction of sp³-hybridized carbons (Fsp3) is 0.333. The average Bonchev–Trinajstić information content (AvgIpc) is 1.76. The molecule has 0 fully saturated rings. The maximum Gasteiger partial charge on any atom is 0.109 e. The number of nitrogens with zero attached hydrogens (tertiary/aromatic N) is 2. The summed E-state index contributed by atoms with van der Waals surface area (Å²) in [4.78, 5) is 7.40. The quantitative estimate of drug-likeness (QED) is 0.409. The molecule has 1 heterocycles. The largest absolute Gasteiger partial charge is 0.268 e. The molecule has 1 rings (SSSR count). The molecule has 0 aromatic carbocycles. The van der Waals surface area contributed by atoms with E-state index in [0.29, 0.717) is 0 Å². The zero-order valence-corrected chi connectivity index (χ0v) is 4.21. The molecule has 3 heteroatoms. The molecule has 0 unspecified atom stereocenters. The topological polar surface area (TPSA) is 24.7 Å². The molecule has 0 spiro atoms. The Balaban J connectivity index is 0.000000250. The summed E-state index contributed by atoms with van der Waals surface area (Å²) >= 11 is 0. The third kappa shape index (κ3) is 1.34. The maximum atomic E-state index is 3.74. The number of hydrogen-bond donors (Lipinski definition) is 0. The van der Waals surface area contributed by atoms with Gasteiger partial charge in [-0.15, -0.1) is 0 Å². The summed E-state index contributed by atoms with van der Waals surface area (Å²) in [5.41, 5.74) is 0. The molecule has 2 nitrogen and oxygen atoms in total. The molecule has 1 aliphatic heterocycles. The van der Waals surface area contributed by atoms with E-state index < -0.39 is 0 Å². The molecular weight excluding hydrogens is 120 g/mol. The van der Waals surface area contributed by atoms with Gasteiger partial charge < -0.3 is 0 Å². The van der Waals surface area contributed by atoms with Crippen LogP contribution in [0.4, 0.5) is 0 Å². The van der Waals surface area contributed by atoms with E-state index in [-0.39, 0.29) is 17.1 Å². The van der Waals surface area contributed by atoms with Gasteiger partial charge in [0.2, 0.25) is 0 Å². The van der Waals surface area contributed by atoms with Gasteiger partial charge in [0.25, 0.3) is 0 Å². The zero-order valence-electron chi connectivity index (χ0n) is 3.11. The van der Waals surface area contributed by atoms with Crippen molar-refractivity contribution in [3.8, 4) is 0 Å². The number of aliphatic imine (C=N–C) groups is 2. The Kier molecular flexibility index (Phi) is 2.99. The molecule has 0 N–H and O–H groups in total. The van der Waals surface area contributed by atoms with Crippen LogP contribution in [0.1, 0.15) is 0 Å². The van der Waals surface area contributed by atoms with Gasteiger partial charge in [0.15, 0.2) is 0 Å². The summed E-state index contributed by atoms with van der Waals surface area (Å²) in [7, 11) is 0. The summed E-state index contributed by atoms with van der Waals surface area (Å²) in [5.74, 6) is 0. The SMILES string of the molecule is C1=NC=NC1.[Fe]. The fourth-order valence-electron chi connectivity index (χ4n) is 0.236. The molecule has 0 amide bonds. The second-order valence-corrected chi connectivity index (χ2v) is 0.812. The van der Waals surface area contributed by atoms with Gasteiger partial charge in [0, 0.05) is 23.3 Å². The Morgan fingerprint density at radius 1 is 1.50 bits per heavy atom. The van der Waals surface area contributed by atoms with Crippen molar-refractivity contribution in [2.75, 3.05) is 6.54 Å². The van der Waals surface area contributed by atoms with E-state index in [4.69, 9.17) is 0 Å². The molecule has 1 aliphatic rings. The predicted octanol–water partition coefficient (Wildman–Crippen LogP) is 0.0966. The van der Waals surface area contributed by atoms with E-state index in [9.17, 15) is 0 Å². The van der Waals surface area contributed by atoms with Crippen LogP contribution in [0.5, 0.6) is 0 Å². The minimum absolute atomic E-state index is 0. The first-order valence-corrected chi connectivity index (χ1v) is 1.50. The standard InChI is InChI=1S/C3H4N2.Fe/c1-2-5-3-4-1;/h1,3H,2H2;. The van der Waals surface area contributed by atoms with Crippen molar-refractivity contribution in [1.29, 1.82) is 0 Å². The van der Waals surface area contributed by atoms with Crippen molar-refractivity contribution in [2.45, 2.75) is 0 Å². The molecule has 0 aromatic rings. The molecule has 0 saturated heterocycles. The molecule has 0 bridgehead atoms. The first kappa shape index (κ1) is 5.86. The van der Waals surface area contributed by atoms with Crippen molar-refractivity contribution in [3.63, 3.8) is 0 Å². The van der Waals surface area contributed by atoms with Gasteiger partial charge in [-0.3, -0.25) is 4.99 Å². The normalized spacial score (nSPS) is 14.7. The van der Waals surface area contributed by atoms with Gasteiger partial charge in [0.05, 0.1) is 6.54 Å². The molecule has 34 valence electrons. The van der Waals surface area contributed by atoms with Crippen molar-refractivity contribution >= 4 is 12.6 Å². The van der Waals surface area contributed by atoms with E-state index in [1.165, 1.54) is 0 Å². The van der Waals surface area contributed by atoms with Gasteiger partial charge in [-0.1, -0.05) is 0 Å². The van der Waals surface area contributed by atoms with Gasteiger partial charge >= 0.3 is 0 Å². The van der Waals surface area contributed by atoms with E-state index in [2.05, 4.69) is 9.98 Å². The summed E-state index contributed by atoms with van der Waals surface area (Å²) < 4.78 is 0. The predicted molar refractivity (Wildman–Crippen MR) is 21.9 cm³/mol. The van der Waals surface area contributed by atoms with Crippen LogP contribution in [-0.4, -0.2) is 19.1 Å². The Labute approximate surface area is 46.8 Å². The van der Waals surface area contributed by atoms with Gasteiger partial charge in [0.1, 0.15) is 6.34 Å². The smallest absolute Gasteiger partial charge is 0.109 e. The first-order chi connectivity index (χ1) is 2.50. The van der Waals surface area contributed by atoms with Crippen molar-refractivity contribution in [1.82, 2.24) is 0 Å². The fourth-order valence-corrected chi connectivity index (χ4v) is 0.236. The third-order valence-electron chi connectivity index (χ3n) is 0.441. The Morgan fingerprint density at radius 2 is 2.33 bits per heavy atom. The van der Waals surface area contributed by atoms with Crippen LogP contribution in [-0.2, 0) is 17.1 Å². The summed E-state index contributed by atoms with van der Waals surface area (Å²) in [6.07, 6.45) is 3.32. The van der Waals surface area contributed by atoms with Gasteiger partial charge in [-0.05, 0) is 0 Å². The van der Waals surface area contributed by atoms with E-state index in [1.807, 2.05) is 0 Å². The Bertz CT molecular complexity index is 66.9. The van der Waals surface area contributed by atoms with Crippen molar-refractivity contribution in [3.05, 3.63) is 0 Å². The third-order valence-corrected chi connectivity index (χ3v) is 0.441. The van der Waals surface area contributed by atoms with E-state index in [0.717, 1.165) is 6.54 Å². The monoisotopic (exact) mass is 124 g/mol. The van der Waals surface area contributed by atoms with Crippen molar-refractivity contribution < 1.29 is 17.1 Å². The average molecular weight is 124 g/mol. The van der Waals surface area contributed by atoms with Crippen LogP contribution in [0.3, 0.4) is 0 Å². The van der Waals surface area contributed by atoms with Crippen LogP contribution in [0.15, 0.2) is 9.98 Å². The van der Waals surface area contributed by atoms with Crippen LogP contribution in [0.25, 0.3) is 0 Å². The second-order valence-electron chi connectivity index (χ2n) is 0.812. The Morgan fingerprint density at radius 3 is 2.50 bits per heavy atom. The van der Waals surface area contributed by atoms with Gasteiger partial charge in [-0.2, -0.15) is 0 Å². The molecule has 6 heavy (non-hydrogen) atoms. The van der Waals surface area contributed by atoms with E-state index >= 15 is 0 Å². The molecular formula is C3H4FeN2. The summed E-state index contributed by atoms with van der Waals surface area (Å²) in [6, 6.07) is 0. The van der Waals surface area contributed by atoms with Gasteiger partial charge in [-0.25, -0.2) is 4.99 Å². The van der Waals surface area contributed by atoms with Crippen LogP contribution >= 0.6 is 0 Å². The summed E-state index contributed by atoms with van der Waals surface area (Å²) in [6.45, 7) is 0.778. The molecule has 0 saturated carbocycles.